The van der Waals surface area contributed by atoms with Crippen LogP contribution < -0.4 is 9.64 Å². The highest BCUT2D eigenvalue weighted by Crippen LogP contribution is 2.39. The molecule has 0 spiro atoms. The highest BCUT2D eigenvalue weighted by atomic mass is 35.5. The summed E-state index contributed by atoms with van der Waals surface area (Å²) in [6.45, 7) is 6.83. The lowest BCUT2D eigenvalue weighted by molar-refractivity contribution is 0.0696. The molecule has 5 rings (SSSR count). The van der Waals surface area contributed by atoms with Gasteiger partial charge in [0.05, 0.1) is 5.56 Å². The van der Waals surface area contributed by atoms with Crippen molar-refractivity contribution in [3.8, 4) is 16.9 Å². The van der Waals surface area contributed by atoms with Crippen LogP contribution in [0.4, 0.5) is 5.69 Å². The number of nitrogens with zero attached hydrogens (tertiary/aromatic N) is 1. The lowest BCUT2D eigenvalue weighted by Crippen LogP contribution is -2.36. The molecule has 1 N–H and O–H groups in total. The Morgan fingerprint density at radius 2 is 1.62 bits per heavy atom. The van der Waals surface area contributed by atoms with Crippen molar-refractivity contribution >= 4 is 40.7 Å². The van der Waals surface area contributed by atoms with Crippen molar-refractivity contribution in [2.24, 2.45) is 0 Å². The number of rotatable bonds is 11. The van der Waals surface area contributed by atoms with E-state index in [1.165, 1.54) is 35.4 Å². The van der Waals surface area contributed by atoms with E-state index < -0.39 is 5.97 Å². The highest BCUT2D eigenvalue weighted by molar-refractivity contribution is 7.98. The van der Waals surface area contributed by atoms with Crippen LogP contribution in [0.15, 0.2) is 95.4 Å². The van der Waals surface area contributed by atoms with Gasteiger partial charge >= 0.3 is 5.97 Å². The molecular formula is C39H42ClNO3S. The highest BCUT2D eigenvalue weighted by Gasteiger charge is 2.28. The number of allylic oxidation sites excluding steroid dienone is 1. The fourth-order valence-corrected chi connectivity index (χ4v) is 6.86. The molecule has 1 aliphatic rings. The summed E-state index contributed by atoms with van der Waals surface area (Å²) in [5.74, 6) is -0.106. The summed E-state index contributed by atoms with van der Waals surface area (Å²) < 4.78 is 6.34. The van der Waals surface area contributed by atoms with E-state index in [2.05, 4.69) is 79.6 Å². The Bertz CT molecular complexity index is 1660. The Morgan fingerprint density at radius 1 is 0.933 bits per heavy atom. The summed E-state index contributed by atoms with van der Waals surface area (Å²) in [7, 11) is 0. The Kier molecular flexibility index (Phi) is 11.0. The van der Waals surface area contributed by atoms with Crippen molar-refractivity contribution in [1.29, 1.82) is 0 Å². The topological polar surface area (TPSA) is 49.8 Å². The zero-order chi connectivity index (χ0) is 31.9. The number of carboxylic acids is 1. The van der Waals surface area contributed by atoms with Crippen LogP contribution in [0.5, 0.6) is 5.75 Å². The van der Waals surface area contributed by atoms with Crippen LogP contribution in [0, 0.1) is 6.92 Å². The fourth-order valence-electron chi connectivity index (χ4n) is 6.26. The largest absolute Gasteiger partial charge is 0.489 e. The molecule has 1 saturated carbocycles. The minimum Gasteiger partial charge on any atom is -0.489 e. The van der Waals surface area contributed by atoms with Gasteiger partial charge in [0.1, 0.15) is 12.4 Å². The van der Waals surface area contributed by atoms with Gasteiger partial charge in [-0.15, -0.1) is 11.8 Å². The standard InChI is InChI=1S/C39H42ClNO3S/c1-5-26(2)38(41(33-9-7-6-8-10-33)37-22-15-30(39(42)43)23-27(37)3)29-11-17-34(18-12-29)44-25-31-24-32(40)16-21-36(31)28-13-19-35(45-4)20-14-28/h11-24,33H,5-10,25H2,1-4H3,(H,42,43). The van der Waals surface area contributed by atoms with E-state index in [4.69, 9.17) is 16.3 Å². The zero-order valence-electron chi connectivity index (χ0n) is 26.6. The van der Waals surface area contributed by atoms with E-state index in [1.54, 1.807) is 23.9 Å². The molecule has 0 heterocycles. The number of aryl methyl sites for hydroxylation is 1. The van der Waals surface area contributed by atoms with Gasteiger partial charge in [0.15, 0.2) is 0 Å². The normalized spacial score (nSPS) is 14.2. The molecule has 0 bridgehead atoms. The van der Waals surface area contributed by atoms with E-state index in [0.717, 1.165) is 58.5 Å². The molecule has 4 aromatic carbocycles. The summed E-state index contributed by atoms with van der Waals surface area (Å²) in [6.07, 6.45) is 8.89. The Morgan fingerprint density at radius 3 is 2.24 bits per heavy atom. The number of carboxylic acid groups (broad SMARTS) is 1. The third kappa shape index (κ3) is 7.77. The van der Waals surface area contributed by atoms with Crippen LogP contribution in [0.1, 0.15) is 79.4 Å². The third-order valence-corrected chi connectivity index (χ3v) is 9.79. The summed E-state index contributed by atoms with van der Waals surface area (Å²) in [5.41, 5.74) is 9.29. The minimum atomic E-state index is -0.900. The Hall–Kier alpha value is -3.67. The predicted molar refractivity (Wildman–Crippen MR) is 190 cm³/mol. The molecule has 0 radical (unpaired) electrons. The molecule has 0 unspecified atom stereocenters. The van der Waals surface area contributed by atoms with Crippen LogP contribution in [0.3, 0.4) is 0 Å². The number of hydrogen-bond donors (Lipinski definition) is 1. The number of benzene rings is 4. The molecule has 45 heavy (non-hydrogen) atoms. The molecule has 4 nitrogen and oxygen atoms in total. The number of carbonyl (C=O) groups is 1. The second-order valence-corrected chi connectivity index (χ2v) is 13.1. The molecule has 234 valence electrons. The lowest BCUT2D eigenvalue weighted by atomic mass is 9.90. The van der Waals surface area contributed by atoms with Crippen molar-refractivity contribution in [2.45, 2.75) is 76.8 Å². The number of thioether (sulfide) groups is 1. The summed E-state index contributed by atoms with van der Waals surface area (Å²) in [4.78, 5) is 15.4. The van der Waals surface area contributed by atoms with Crippen LogP contribution >= 0.6 is 23.4 Å². The number of hydrogen-bond acceptors (Lipinski definition) is 4. The maximum Gasteiger partial charge on any atom is 0.335 e. The molecule has 6 heteroatoms. The van der Waals surface area contributed by atoms with E-state index in [1.807, 2.05) is 25.1 Å². The first-order valence-corrected chi connectivity index (χ1v) is 17.4. The number of halogens is 1. The first-order chi connectivity index (χ1) is 21.8. The molecule has 4 aromatic rings. The van der Waals surface area contributed by atoms with E-state index in [-0.39, 0.29) is 0 Å². The first kappa shape index (κ1) is 32.7. The van der Waals surface area contributed by atoms with E-state index >= 15 is 0 Å². The van der Waals surface area contributed by atoms with Crippen molar-refractivity contribution in [3.05, 3.63) is 118 Å². The summed E-state index contributed by atoms with van der Waals surface area (Å²) in [5, 5.41) is 10.3. The zero-order valence-corrected chi connectivity index (χ0v) is 28.2. The summed E-state index contributed by atoms with van der Waals surface area (Å²) in [6, 6.07) is 28.8. The summed E-state index contributed by atoms with van der Waals surface area (Å²) >= 11 is 8.14. The monoisotopic (exact) mass is 639 g/mol. The smallest absolute Gasteiger partial charge is 0.335 e. The van der Waals surface area contributed by atoms with Gasteiger partial charge in [-0.05, 0) is 139 Å². The van der Waals surface area contributed by atoms with Gasteiger partial charge in [0.2, 0.25) is 0 Å². The quantitative estimate of drug-likeness (QED) is 0.165. The van der Waals surface area contributed by atoms with Gasteiger partial charge in [0.25, 0.3) is 0 Å². The minimum absolute atomic E-state index is 0.318. The van der Waals surface area contributed by atoms with E-state index in [9.17, 15) is 9.90 Å². The van der Waals surface area contributed by atoms with Crippen molar-refractivity contribution in [1.82, 2.24) is 0 Å². The first-order valence-electron chi connectivity index (χ1n) is 15.8. The maximum atomic E-state index is 11.7. The average Bonchev–Trinajstić information content (AvgIpc) is 3.07. The van der Waals surface area contributed by atoms with Gasteiger partial charge < -0.3 is 14.7 Å². The lowest BCUT2D eigenvalue weighted by Gasteiger charge is -2.40. The van der Waals surface area contributed by atoms with Gasteiger partial charge in [-0.2, -0.15) is 0 Å². The van der Waals surface area contributed by atoms with E-state index in [0.29, 0.717) is 23.2 Å². The second kappa shape index (κ2) is 15.1. The second-order valence-electron chi connectivity index (χ2n) is 11.8. The molecule has 0 atom stereocenters. The number of anilines is 1. The van der Waals surface area contributed by atoms with Crippen molar-refractivity contribution in [2.75, 3.05) is 11.2 Å². The average molecular weight is 640 g/mol. The Labute approximate surface area is 277 Å². The Balaban J connectivity index is 1.44. The van der Waals surface area contributed by atoms with Crippen LogP contribution in [0.25, 0.3) is 16.8 Å². The molecule has 1 aliphatic carbocycles. The fraction of sp³-hybridized carbons (Fsp3) is 0.308. The number of aromatic carboxylic acids is 1. The van der Waals surface area contributed by atoms with Crippen molar-refractivity contribution < 1.29 is 14.6 Å². The molecular weight excluding hydrogens is 598 g/mol. The SMILES string of the molecule is CCC(C)=C(c1ccc(OCc2cc(Cl)ccc2-c2ccc(SC)cc2)cc1)N(c1ccc(C(=O)O)cc1C)C1CCCCC1. The predicted octanol–water partition coefficient (Wildman–Crippen LogP) is 11.3. The number of ether oxygens (including phenoxy) is 1. The van der Waals surface area contributed by atoms with Gasteiger partial charge in [0, 0.05) is 27.3 Å². The van der Waals surface area contributed by atoms with Crippen molar-refractivity contribution in [3.63, 3.8) is 0 Å². The molecule has 0 aliphatic heterocycles. The van der Waals surface area contributed by atoms with Crippen LogP contribution in [0.2, 0.25) is 5.02 Å². The molecule has 0 amide bonds. The molecule has 1 fully saturated rings. The van der Waals surface area contributed by atoms with Crippen LogP contribution in [-0.4, -0.2) is 23.4 Å². The van der Waals surface area contributed by atoms with Gasteiger partial charge in [-0.1, -0.05) is 56.0 Å². The van der Waals surface area contributed by atoms with Gasteiger partial charge in [-0.25, -0.2) is 4.79 Å². The molecule has 0 saturated heterocycles. The van der Waals surface area contributed by atoms with Crippen LogP contribution in [-0.2, 0) is 6.61 Å². The molecule has 0 aromatic heterocycles. The van der Waals surface area contributed by atoms with Gasteiger partial charge in [-0.3, -0.25) is 0 Å². The third-order valence-electron chi connectivity index (χ3n) is 8.81. The maximum absolute atomic E-state index is 11.7.